The van der Waals surface area contributed by atoms with Crippen LogP contribution < -0.4 is 10.4 Å². The van der Waals surface area contributed by atoms with Gasteiger partial charge in [0.1, 0.15) is 0 Å². The maximum absolute atomic E-state index is 12.3. The lowest BCUT2D eigenvalue weighted by molar-refractivity contribution is 0.570. The van der Waals surface area contributed by atoms with Gasteiger partial charge in [0.15, 0.2) is 0 Å². The number of benzene rings is 2. The van der Waals surface area contributed by atoms with Crippen molar-refractivity contribution in [1.82, 2.24) is 13.9 Å². The van der Waals surface area contributed by atoms with Gasteiger partial charge in [0.25, 0.3) is 0 Å². The van der Waals surface area contributed by atoms with Gasteiger partial charge in [0, 0.05) is 20.1 Å². The van der Waals surface area contributed by atoms with E-state index in [1.807, 2.05) is 49.4 Å². The van der Waals surface area contributed by atoms with Gasteiger partial charge < -0.3 is 0 Å². The zero-order valence-corrected chi connectivity index (χ0v) is 15.1. The minimum Gasteiger partial charge on any atom is -0.295 e. The van der Waals surface area contributed by atoms with Crippen molar-refractivity contribution in [3.63, 3.8) is 0 Å². The predicted octanol–water partition coefficient (Wildman–Crippen LogP) is 1.77. The first-order valence-electron chi connectivity index (χ1n) is 8.04. The number of hydrogen-bond acceptors (Lipinski definition) is 3. The number of aromatic nitrogens is 2. The van der Waals surface area contributed by atoms with Crippen molar-refractivity contribution in [3.05, 3.63) is 70.1 Å². The molecule has 1 heterocycles. The molecule has 2 aromatic carbocycles. The Balaban J connectivity index is 1.71. The monoisotopic (exact) mass is 359 g/mol. The zero-order valence-electron chi connectivity index (χ0n) is 14.3. The first-order valence-corrected chi connectivity index (χ1v) is 9.70. The highest BCUT2D eigenvalue weighted by Crippen LogP contribution is 2.11. The summed E-state index contributed by atoms with van der Waals surface area (Å²) in [7, 11) is -1.74. The molecule has 1 aromatic heterocycles. The van der Waals surface area contributed by atoms with E-state index in [0.29, 0.717) is 0 Å². The first-order chi connectivity index (χ1) is 11.9. The molecule has 0 aliphatic heterocycles. The van der Waals surface area contributed by atoms with Crippen LogP contribution in [0.2, 0.25) is 0 Å². The molecule has 0 fully saturated rings. The van der Waals surface area contributed by atoms with Gasteiger partial charge in [-0.05, 0) is 24.6 Å². The van der Waals surface area contributed by atoms with E-state index < -0.39 is 10.0 Å². The Labute approximate surface area is 146 Å². The zero-order chi connectivity index (χ0) is 18.0. The minimum absolute atomic E-state index is 0.0703. The lowest BCUT2D eigenvalue weighted by Crippen LogP contribution is -2.32. The molecule has 0 radical (unpaired) electrons. The van der Waals surface area contributed by atoms with Gasteiger partial charge >= 0.3 is 5.69 Å². The van der Waals surface area contributed by atoms with Crippen molar-refractivity contribution in [2.24, 2.45) is 7.05 Å². The molecule has 6 nitrogen and oxygen atoms in total. The van der Waals surface area contributed by atoms with Crippen LogP contribution in [-0.2, 0) is 29.4 Å². The molecule has 0 aliphatic rings. The predicted molar refractivity (Wildman–Crippen MR) is 99.0 cm³/mol. The van der Waals surface area contributed by atoms with Crippen molar-refractivity contribution < 1.29 is 8.42 Å². The molecule has 0 saturated heterocycles. The van der Waals surface area contributed by atoms with Crippen LogP contribution in [0.5, 0.6) is 0 Å². The number of nitrogens with one attached hydrogen (secondary N) is 1. The number of hydrogen-bond donors (Lipinski definition) is 1. The van der Waals surface area contributed by atoms with Crippen LogP contribution in [0.25, 0.3) is 11.0 Å². The Morgan fingerprint density at radius 3 is 2.48 bits per heavy atom. The highest BCUT2D eigenvalue weighted by Gasteiger charge is 2.13. The van der Waals surface area contributed by atoms with Crippen LogP contribution in [0, 0.1) is 6.92 Å². The largest absolute Gasteiger partial charge is 0.328 e. The summed E-state index contributed by atoms with van der Waals surface area (Å²) in [5.41, 5.74) is 3.24. The Bertz CT molecular complexity index is 1060. The highest BCUT2D eigenvalue weighted by atomic mass is 32.2. The smallest absolute Gasteiger partial charge is 0.295 e. The lowest BCUT2D eigenvalue weighted by atomic mass is 10.2. The van der Waals surface area contributed by atoms with Crippen LogP contribution in [0.15, 0.2) is 53.3 Å². The normalized spacial score (nSPS) is 11.9. The lowest BCUT2D eigenvalue weighted by Gasteiger charge is -2.08. The van der Waals surface area contributed by atoms with E-state index in [1.54, 1.807) is 22.2 Å². The quantitative estimate of drug-likeness (QED) is 0.729. The van der Waals surface area contributed by atoms with E-state index in [4.69, 9.17) is 0 Å². The summed E-state index contributed by atoms with van der Waals surface area (Å²) in [6, 6.07) is 14.9. The fourth-order valence-electron chi connectivity index (χ4n) is 2.96. The van der Waals surface area contributed by atoms with Gasteiger partial charge in [-0.25, -0.2) is 17.9 Å². The minimum atomic E-state index is -3.45. The molecule has 3 aromatic rings. The second-order valence-electron chi connectivity index (χ2n) is 6.12. The molecule has 7 heteroatoms. The van der Waals surface area contributed by atoms with Gasteiger partial charge in [0.2, 0.25) is 10.0 Å². The van der Waals surface area contributed by atoms with Crippen molar-refractivity contribution in [2.75, 3.05) is 6.54 Å². The first kappa shape index (κ1) is 17.4. The number of fused-ring (bicyclic) bond motifs is 1. The van der Waals surface area contributed by atoms with E-state index in [1.165, 1.54) is 0 Å². The van der Waals surface area contributed by atoms with E-state index in [9.17, 15) is 13.2 Å². The van der Waals surface area contributed by atoms with Crippen molar-refractivity contribution in [2.45, 2.75) is 19.2 Å². The van der Waals surface area contributed by atoms with Gasteiger partial charge in [-0.2, -0.15) is 0 Å². The topological polar surface area (TPSA) is 73.1 Å². The van der Waals surface area contributed by atoms with Crippen molar-refractivity contribution in [1.29, 1.82) is 0 Å². The van der Waals surface area contributed by atoms with E-state index >= 15 is 0 Å². The molecule has 3 rings (SSSR count). The molecule has 0 aliphatic carbocycles. The second-order valence-corrected chi connectivity index (χ2v) is 7.93. The van der Waals surface area contributed by atoms with Crippen LogP contribution in [0.3, 0.4) is 0 Å². The molecule has 0 unspecified atom stereocenters. The maximum Gasteiger partial charge on any atom is 0.328 e. The molecule has 0 saturated carbocycles. The highest BCUT2D eigenvalue weighted by molar-refractivity contribution is 7.88. The number of rotatable bonds is 6. The maximum atomic E-state index is 12.3. The summed E-state index contributed by atoms with van der Waals surface area (Å²) in [5.74, 6) is -0.0703. The Kier molecular flexibility index (Phi) is 4.78. The van der Waals surface area contributed by atoms with Gasteiger partial charge in [-0.15, -0.1) is 0 Å². The summed E-state index contributed by atoms with van der Waals surface area (Å²) in [6.45, 7) is 2.38. The number of nitrogens with zero attached hydrogens (tertiary/aromatic N) is 2. The average Bonchev–Trinajstić information content (AvgIpc) is 2.80. The van der Waals surface area contributed by atoms with Crippen LogP contribution in [-0.4, -0.2) is 24.1 Å². The summed E-state index contributed by atoms with van der Waals surface area (Å²) < 4.78 is 30.2. The average molecular weight is 359 g/mol. The third-order valence-electron chi connectivity index (χ3n) is 4.15. The van der Waals surface area contributed by atoms with Crippen molar-refractivity contribution >= 4 is 21.1 Å². The molecular weight excluding hydrogens is 338 g/mol. The second kappa shape index (κ2) is 6.85. The summed E-state index contributed by atoms with van der Waals surface area (Å²) in [5, 5.41) is 0. The van der Waals surface area contributed by atoms with Gasteiger partial charge in [-0.1, -0.05) is 42.0 Å². The summed E-state index contributed by atoms with van der Waals surface area (Å²) in [6.07, 6.45) is 0. The molecule has 25 heavy (non-hydrogen) atoms. The Hall–Kier alpha value is -2.38. The van der Waals surface area contributed by atoms with Crippen molar-refractivity contribution in [3.8, 4) is 0 Å². The number of aryl methyl sites for hydroxylation is 2. The third-order valence-corrected chi connectivity index (χ3v) is 5.51. The van der Waals surface area contributed by atoms with E-state index in [0.717, 1.165) is 22.2 Å². The Morgan fingerprint density at radius 2 is 1.76 bits per heavy atom. The molecule has 132 valence electrons. The number of para-hydroxylation sites is 2. The number of sulfonamides is 1. The van der Waals surface area contributed by atoms with Gasteiger partial charge in [-0.3, -0.25) is 9.13 Å². The third kappa shape index (κ3) is 3.83. The standard InChI is InChI=1S/C18H21N3O3S/c1-14-6-5-7-15(12-14)13-25(23,24)19-10-11-21-17-9-4-3-8-16(17)20(2)18(21)22/h3-9,12,19H,10-11,13H2,1-2H3. The fourth-order valence-corrected chi connectivity index (χ4v) is 4.09. The molecule has 0 spiro atoms. The summed E-state index contributed by atoms with van der Waals surface area (Å²) in [4.78, 5) is 12.3. The Morgan fingerprint density at radius 1 is 1.04 bits per heavy atom. The SMILES string of the molecule is Cc1cccc(CS(=O)(=O)NCCn2c(=O)n(C)c3ccccc32)c1. The summed E-state index contributed by atoms with van der Waals surface area (Å²) >= 11 is 0. The van der Waals surface area contributed by atoms with Gasteiger partial charge in [0.05, 0.1) is 16.8 Å². The molecule has 1 N–H and O–H groups in total. The van der Waals surface area contributed by atoms with E-state index in [2.05, 4.69) is 4.72 Å². The van der Waals surface area contributed by atoms with Crippen LogP contribution >= 0.6 is 0 Å². The van der Waals surface area contributed by atoms with E-state index in [-0.39, 0.29) is 24.5 Å². The molecule has 0 amide bonds. The molecular formula is C18H21N3O3S. The molecule has 0 atom stereocenters. The molecule has 0 bridgehead atoms. The van der Waals surface area contributed by atoms with Crippen LogP contribution in [0.4, 0.5) is 0 Å². The van der Waals surface area contributed by atoms with Crippen LogP contribution in [0.1, 0.15) is 11.1 Å². The number of imidazole rings is 1. The fraction of sp³-hybridized carbons (Fsp3) is 0.278.